The third-order valence-corrected chi connectivity index (χ3v) is 7.91. The Labute approximate surface area is 208 Å². The number of aromatic nitrogens is 4. The van der Waals surface area contributed by atoms with Gasteiger partial charge in [0.05, 0.1) is 12.0 Å². The van der Waals surface area contributed by atoms with Gasteiger partial charge >= 0.3 is 0 Å². The van der Waals surface area contributed by atoms with Crippen LogP contribution in [-0.4, -0.2) is 54.0 Å². The van der Waals surface area contributed by atoms with Gasteiger partial charge in [-0.25, -0.2) is 17.8 Å². The lowest BCUT2D eigenvalue weighted by Gasteiger charge is -2.39. The van der Waals surface area contributed by atoms with Crippen LogP contribution in [0, 0.1) is 5.82 Å². The van der Waals surface area contributed by atoms with Gasteiger partial charge in [0.25, 0.3) is 5.88 Å². The molecule has 0 amide bonds. The zero-order valence-electron chi connectivity index (χ0n) is 20.5. The lowest BCUT2D eigenvalue weighted by atomic mass is 9.90. The van der Waals surface area contributed by atoms with Gasteiger partial charge in [-0.2, -0.15) is 9.97 Å². The van der Waals surface area contributed by atoms with Gasteiger partial charge in [-0.3, -0.25) is 0 Å². The number of benzene rings is 1. The van der Waals surface area contributed by atoms with Crippen molar-refractivity contribution in [3.8, 4) is 17.4 Å². The fraction of sp³-hybridized carbons (Fsp3) is 0.500. The van der Waals surface area contributed by atoms with Crippen LogP contribution in [0.5, 0.6) is 17.4 Å². The van der Waals surface area contributed by atoms with Crippen LogP contribution in [0.25, 0.3) is 0 Å². The summed E-state index contributed by atoms with van der Waals surface area (Å²) in [5.74, 6) is 1.71. The molecule has 2 fully saturated rings. The van der Waals surface area contributed by atoms with Gasteiger partial charge in [0.2, 0.25) is 11.6 Å². The predicted molar refractivity (Wildman–Crippen MR) is 128 cm³/mol. The molecule has 1 aromatic carbocycles. The van der Waals surface area contributed by atoms with Gasteiger partial charge in [0.15, 0.2) is 33.0 Å². The van der Waals surface area contributed by atoms with E-state index in [1.165, 1.54) is 25.6 Å². The highest BCUT2D eigenvalue weighted by atomic mass is 32.2. The zero-order valence-corrected chi connectivity index (χ0v) is 21.3. The lowest BCUT2D eigenvalue weighted by molar-refractivity contribution is 0.301. The second-order valence-corrected chi connectivity index (χ2v) is 11.6. The second-order valence-electron chi connectivity index (χ2n) is 9.61. The molecule has 2 saturated heterocycles. The van der Waals surface area contributed by atoms with Crippen LogP contribution in [0.1, 0.15) is 63.1 Å². The van der Waals surface area contributed by atoms with Crippen molar-refractivity contribution in [2.75, 3.05) is 18.3 Å². The number of anilines is 1. The Morgan fingerprint density at radius 2 is 1.89 bits per heavy atom. The van der Waals surface area contributed by atoms with E-state index in [0.29, 0.717) is 17.5 Å². The molecule has 2 aliphatic heterocycles. The summed E-state index contributed by atoms with van der Waals surface area (Å²) in [6.07, 6.45) is 6.01. The molecule has 3 aromatic rings. The first kappa shape index (κ1) is 24.4. The van der Waals surface area contributed by atoms with E-state index in [-0.39, 0.29) is 40.4 Å². The number of hydrogen-bond donors (Lipinski definition) is 0. The molecule has 10 nitrogen and oxygen atoms in total. The molecule has 0 N–H and O–H groups in total. The summed E-state index contributed by atoms with van der Waals surface area (Å²) in [4.78, 5) is 15.4. The number of halogens is 1. The molecule has 5 rings (SSSR count). The fourth-order valence-electron chi connectivity index (χ4n) is 5.06. The average Bonchev–Trinajstić information content (AvgIpc) is 3.42. The smallest absolute Gasteiger partial charge is 0.268 e. The first-order valence-corrected chi connectivity index (χ1v) is 13.7. The molecule has 2 bridgehead atoms. The molecule has 4 heterocycles. The largest absolute Gasteiger partial charge is 0.489 e. The van der Waals surface area contributed by atoms with Gasteiger partial charge in [0.1, 0.15) is 6.33 Å². The summed E-state index contributed by atoms with van der Waals surface area (Å²) >= 11 is 0. The van der Waals surface area contributed by atoms with Gasteiger partial charge in [0, 0.05) is 30.2 Å². The number of hydrogen-bond acceptors (Lipinski definition) is 10. The summed E-state index contributed by atoms with van der Waals surface area (Å²) in [5.41, 5.74) is 0. The third-order valence-electron chi connectivity index (χ3n) is 6.80. The van der Waals surface area contributed by atoms with Crippen LogP contribution >= 0.6 is 0 Å². The van der Waals surface area contributed by atoms with Crippen LogP contribution in [0.15, 0.2) is 33.9 Å². The number of ether oxygens (including phenoxy) is 2. The molecule has 12 heteroatoms. The SMILES string of the molecule is COc1c(Oc2ccc(S(C)(=O)=O)cc2F)ncnc1N1C2CCC1CC(c1nc(C(C)C)no1)C2. The van der Waals surface area contributed by atoms with Crippen LogP contribution in [0.4, 0.5) is 10.2 Å². The number of piperidine rings is 1. The van der Waals surface area contributed by atoms with E-state index in [1.54, 1.807) is 0 Å². The van der Waals surface area contributed by atoms with E-state index in [2.05, 4.69) is 25.0 Å². The Hall–Kier alpha value is -3.28. The molecule has 2 unspecified atom stereocenters. The van der Waals surface area contributed by atoms with Gasteiger partial charge < -0.3 is 18.9 Å². The summed E-state index contributed by atoms with van der Waals surface area (Å²) in [6.45, 7) is 4.07. The van der Waals surface area contributed by atoms with Crippen LogP contribution in [0.2, 0.25) is 0 Å². The zero-order chi connectivity index (χ0) is 25.6. The lowest BCUT2D eigenvalue weighted by Crippen LogP contribution is -2.43. The third kappa shape index (κ3) is 4.49. The summed E-state index contributed by atoms with van der Waals surface area (Å²) < 4.78 is 55.0. The highest BCUT2D eigenvalue weighted by molar-refractivity contribution is 7.90. The molecule has 2 atom stereocenters. The maximum Gasteiger partial charge on any atom is 0.268 e. The van der Waals surface area contributed by atoms with Crippen molar-refractivity contribution in [3.05, 3.63) is 42.1 Å². The summed E-state index contributed by atoms with van der Waals surface area (Å²) in [6, 6.07) is 3.84. The van der Waals surface area contributed by atoms with Crippen molar-refractivity contribution in [1.82, 2.24) is 20.1 Å². The minimum atomic E-state index is -3.55. The maximum atomic E-state index is 14.6. The maximum absolute atomic E-state index is 14.6. The molecule has 36 heavy (non-hydrogen) atoms. The van der Waals surface area contributed by atoms with Gasteiger partial charge in [-0.05, 0) is 43.9 Å². The van der Waals surface area contributed by atoms with E-state index in [4.69, 9.17) is 14.0 Å². The van der Waals surface area contributed by atoms with E-state index in [9.17, 15) is 12.8 Å². The molecular weight excluding hydrogens is 489 g/mol. The number of nitrogens with zero attached hydrogens (tertiary/aromatic N) is 5. The molecule has 2 aliphatic rings. The first-order chi connectivity index (χ1) is 17.2. The number of methoxy groups -OCH3 is 1. The van der Waals surface area contributed by atoms with E-state index in [1.807, 2.05) is 13.8 Å². The minimum Gasteiger partial charge on any atom is -0.489 e. The van der Waals surface area contributed by atoms with Crippen LogP contribution in [-0.2, 0) is 9.84 Å². The number of sulfone groups is 1. The Kier molecular flexibility index (Phi) is 6.31. The Bertz CT molecular complexity index is 1360. The fourth-order valence-corrected chi connectivity index (χ4v) is 5.69. The summed E-state index contributed by atoms with van der Waals surface area (Å²) in [7, 11) is -2.06. The minimum absolute atomic E-state index is 0.0495. The van der Waals surface area contributed by atoms with Gasteiger partial charge in [-0.15, -0.1) is 0 Å². The van der Waals surface area contributed by atoms with Crippen LogP contribution < -0.4 is 14.4 Å². The topological polar surface area (TPSA) is 121 Å². The highest BCUT2D eigenvalue weighted by Crippen LogP contribution is 2.48. The molecule has 2 aromatic heterocycles. The molecule has 0 aliphatic carbocycles. The van der Waals surface area contributed by atoms with E-state index >= 15 is 0 Å². The van der Waals surface area contributed by atoms with Crippen molar-refractivity contribution < 1.29 is 26.8 Å². The van der Waals surface area contributed by atoms with Crippen molar-refractivity contribution in [2.45, 2.75) is 68.3 Å². The van der Waals surface area contributed by atoms with E-state index < -0.39 is 15.7 Å². The Morgan fingerprint density at radius 3 is 2.47 bits per heavy atom. The highest BCUT2D eigenvalue weighted by Gasteiger charge is 2.45. The van der Waals surface area contributed by atoms with Crippen molar-refractivity contribution in [1.29, 1.82) is 0 Å². The normalized spacial score (nSPS) is 21.7. The first-order valence-electron chi connectivity index (χ1n) is 11.8. The van der Waals surface area contributed by atoms with Crippen molar-refractivity contribution in [3.63, 3.8) is 0 Å². The molecule has 0 radical (unpaired) electrons. The molecule has 0 spiro atoms. The Morgan fingerprint density at radius 1 is 1.17 bits per heavy atom. The average molecular weight is 518 g/mol. The Balaban J connectivity index is 1.40. The monoisotopic (exact) mass is 517 g/mol. The van der Waals surface area contributed by atoms with Gasteiger partial charge in [-0.1, -0.05) is 19.0 Å². The summed E-state index contributed by atoms with van der Waals surface area (Å²) in [5, 5.41) is 4.12. The number of rotatable bonds is 7. The predicted octanol–water partition coefficient (Wildman–Crippen LogP) is 4.24. The second kappa shape index (κ2) is 9.30. The van der Waals surface area contributed by atoms with E-state index in [0.717, 1.165) is 43.8 Å². The quantitative estimate of drug-likeness (QED) is 0.450. The van der Waals surface area contributed by atoms with Crippen molar-refractivity contribution >= 4 is 15.7 Å². The molecular formula is C24H28FN5O5S. The number of fused-ring (bicyclic) bond motifs is 2. The van der Waals surface area contributed by atoms with Crippen LogP contribution in [0.3, 0.4) is 0 Å². The molecule has 0 saturated carbocycles. The van der Waals surface area contributed by atoms with Crippen molar-refractivity contribution in [2.24, 2.45) is 0 Å². The standard InChI is InChI=1S/C24H28FN5O5S/c1-13(2)21-28-23(35-29-21)14-9-15-5-6-16(10-14)30(15)22-20(33-3)24(27-12-26-22)34-19-8-7-17(11-18(19)25)36(4,31)32/h7-8,11-16H,5-6,9-10H2,1-4H3. The molecule has 192 valence electrons.